The van der Waals surface area contributed by atoms with Crippen LogP contribution in [0, 0.1) is 23.7 Å². The van der Waals surface area contributed by atoms with Gasteiger partial charge in [-0.1, -0.05) is 0 Å². The van der Waals surface area contributed by atoms with Crippen LogP contribution in [0.1, 0.15) is 25.7 Å². The van der Waals surface area contributed by atoms with Crippen LogP contribution in [0.15, 0.2) is 0 Å². The molecule has 10 heteroatoms. The van der Waals surface area contributed by atoms with Gasteiger partial charge in [0.1, 0.15) is 0 Å². The normalized spacial score (nSPS) is 27.4. The lowest BCUT2D eigenvalue weighted by atomic mass is 9.96. The molecule has 2 rings (SSSR count). The van der Waals surface area contributed by atoms with E-state index in [1.165, 1.54) is 28.4 Å². The summed E-state index contributed by atoms with van der Waals surface area (Å²) < 4.78 is 18.2. The first kappa shape index (κ1) is 23.8. The van der Waals surface area contributed by atoms with E-state index in [2.05, 4.69) is 18.9 Å². The van der Waals surface area contributed by atoms with Crippen molar-refractivity contribution in [3.05, 3.63) is 0 Å². The summed E-state index contributed by atoms with van der Waals surface area (Å²) >= 11 is 0. The Balaban J connectivity index is 0.000000280. The van der Waals surface area contributed by atoms with Gasteiger partial charge in [0.05, 0.1) is 64.3 Å². The molecule has 2 saturated carbocycles. The Hall–Kier alpha value is -2.20. The molecule has 0 unspecified atom stereocenters. The molecule has 2 aliphatic carbocycles. The zero-order valence-corrected chi connectivity index (χ0v) is 16.5. The lowest BCUT2D eigenvalue weighted by Crippen LogP contribution is -2.27. The van der Waals surface area contributed by atoms with Gasteiger partial charge in [0.15, 0.2) is 0 Å². The summed E-state index contributed by atoms with van der Waals surface area (Å²) in [5, 5.41) is 18.7. The Kier molecular flexibility index (Phi) is 9.33. The Morgan fingerprint density at radius 2 is 0.714 bits per heavy atom. The molecule has 28 heavy (non-hydrogen) atoms. The standard InChI is InChI=1S/2C9H14O5/c2*1-13-8(11)6-3-5(10)4-7(6)9(12)14-2/h2*5-7,10H,3-4H2,1-2H3/t2*6-,7-/m11/s1. The molecule has 0 spiro atoms. The van der Waals surface area contributed by atoms with Crippen molar-refractivity contribution in [3.63, 3.8) is 0 Å². The maximum Gasteiger partial charge on any atom is 0.309 e. The highest BCUT2D eigenvalue weighted by molar-refractivity contribution is 5.83. The molecule has 0 aliphatic heterocycles. The van der Waals surface area contributed by atoms with Gasteiger partial charge in [-0.25, -0.2) is 0 Å². The lowest BCUT2D eigenvalue weighted by Gasteiger charge is -2.13. The highest BCUT2D eigenvalue weighted by Gasteiger charge is 2.44. The van der Waals surface area contributed by atoms with Crippen molar-refractivity contribution in [3.8, 4) is 0 Å². The topological polar surface area (TPSA) is 146 Å². The van der Waals surface area contributed by atoms with E-state index in [1.54, 1.807) is 0 Å². The summed E-state index contributed by atoms with van der Waals surface area (Å²) in [5.74, 6) is -4.11. The maximum absolute atomic E-state index is 11.2. The van der Waals surface area contributed by atoms with E-state index in [9.17, 15) is 29.4 Å². The van der Waals surface area contributed by atoms with Crippen LogP contribution in [0.3, 0.4) is 0 Å². The van der Waals surface area contributed by atoms with E-state index < -0.39 is 59.8 Å². The number of esters is 4. The third-order valence-electron chi connectivity index (χ3n) is 5.09. The summed E-state index contributed by atoms with van der Waals surface area (Å²) in [7, 11) is 5.06. The van der Waals surface area contributed by atoms with Crippen LogP contribution in [0.25, 0.3) is 0 Å². The summed E-state index contributed by atoms with van der Waals surface area (Å²) in [6.45, 7) is 0. The lowest BCUT2D eigenvalue weighted by molar-refractivity contribution is -0.156. The van der Waals surface area contributed by atoms with Crippen molar-refractivity contribution in [2.24, 2.45) is 23.7 Å². The number of carbonyl (C=O) groups excluding carboxylic acids is 4. The van der Waals surface area contributed by atoms with Gasteiger partial charge in [-0.05, 0) is 25.7 Å². The van der Waals surface area contributed by atoms with Crippen molar-refractivity contribution in [2.75, 3.05) is 28.4 Å². The molecule has 0 radical (unpaired) electrons. The molecule has 0 amide bonds. The minimum Gasteiger partial charge on any atom is -0.469 e. The van der Waals surface area contributed by atoms with Crippen LogP contribution < -0.4 is 0 Å². The fraction of sp³-hybridized carbons (Fsp3) is 0.778. The molecule has 0 bridgehead atoms. The second kappa shape index (κ2) is 11.0. The summed E-state index contributed by atoms with van der Waals surface area (Å²) in [6, 6.07) is 0. The largest absolute Gasteiger partial charge is 0.469 e. The highest BCUT2D eigenvalue weighted by Crippen LogP contribution is 2.34. The maximum atomic E-state index is 11.2. The van der Waals surface area contributed by atoms with Gasteiger partial charge in [-0.3, -0.25) is 19.2 Å². The van der Waals surface area contributed by atoms with E-state index in [4.69, 9.17) is 0 Å². The van der Waals surface area contributed by atoms with E-state index in [1.807, 2.05) is 0 Å². The number of methoxy groups -OCH3 is 4. The SMILES string of the molecule is COC(=O)[C@@H]1CC(O)C[C@H]1C(=O)OC.COC(=O)[C@@H]1CC(O)C[C@H]1C(=O)OC. The fourth-order valence-electron chi connectivity index (χ4n) is 3.67. The van der Waals surface area contributed by atoms with Crippen molar-refractivity contribution in [2.45, 2.75) is 37.9 Å². The number of aliphatic hydroxyl groups excluding tert-OH is 2. The van der Waals surface area contributed by atoms with Crippen molar-refractivity contribution in [1.29, 1.82) is 0 Å². The van der Waals surface area contributed by atoms with Crippen molar-refractivity contribution >= 4 is 23.9 Å². The Morgan fingerprint density at radius 1 is 0.536 bits per heavy atom. The van der Waals surface area contributed by atoms with Crippen LogP contribution in [0.4, 0.5) is 0 Å². The van der Waals surface area contributed by atoms with Crippen LogP contribution in [-0.4, -0.2) is 74.7 Å². The molecule has 2 aliphatic rings. The van der Waals surface area contributed by atoms with Gasteiger partial charge in [0.25, 0.3) is 0 Å². The first-order valence-electron chi connectivity index (χ1n) is 8.87. The number of ether oxygens (including phenoxy) is 4. The molecular formula is C18H28O10. The number of hydrogen-bond donors (Lipinski definition) is 2. The van der Waals surface area contributed by atoms with Crippen LogP contribution in [-0.2, 0) is 38.1 Å². The van der Waals surface area contributed by atoms with Gasteiger partial charge in [-0.15, -0.1) is 0 Å². The van der Waals surface area contributed by atoms with Gasteiger partial charge in [-0.2, -0.15) is 0 Å². The number of carbonyl (C=O) groups is 4. The number of rotatable bonds is 4. The second-order valence-electron chi connectivity index (χ2n) is 6.77. The fourth-order valence-corrected chi connectivity index (χ4v) is 3.67. The van der Waals surface area contributed by atoms with E-state index in [-0.39, 0.29) is 25.7 Å². The molecule has 4 atom stereocenters. The second-order valence-corrected chi connectivity index (χ2v) is 6.77. The van der Waals surface area contributed by atoms with Crippen molar-refractivity contribution in [1.82, 2.24) is 0 Å². The summed E-state index contributed by atoms with van der Waals surface area (Å²) in [5.41, 5.74) is 0. The monoisotopic (exact) mass is 404 g/mol. The van der Waals surface area contributed by atoms with E-state index >= 15 is 0 Å². The third kappa shape index (κ3) is 5.90. The smallest absolute Gasteiger partial charge is 0.309 e. The predicted molar refractivity (Wildman–Crippen MR) is 92.5 cm³/mol. The molecule has 0 aromatic heterocycles. The molecule has 0 saturated heterocycles. The zero-order valence-electron chi connectivity index (χ0n) is 16.5. The minimum atomic E-state index is -0.622. The molecule has 10 nitrogen and oxygen atoms in total. The average molecular weight is 404 g/mol. The number of hydrogen-bond acceptors (Lipinski definition) is 10. The predicted octanol–water partition coefficient (Wildman–Crippen LogP) is -0.561. The molecular weight excluding hydrogens is 376 g/mol. The molecule has 2 N–H and O–H groups in total. The van der Waals surface area contributed by atoms with Crippen LogP contribution in [0.5, 0.6) is 0 Å². The molecule has 0 heterocycles. The summed E-state index contributed by atoms with van der Waals surface area (Å²) in [4.78, 5) is 45.0. The van der Waals surface area contributed by atoms with Gasteiger partial charge < -0.3 is 29.2 Å². The molecule has 0 aromatic carbocycles. The van der Waals surface area contributed by atoms with Gasteiger partial charge in [0, 0.05) is 0 Å². The van der Waals surface area contributed by atoms with E-state index in [0.29, 0.717) is 0 Å². The quantitative estimate of drug-likeness (QED) is 0.462. The van der Waals surface area contributed by atoms with E-state index in [0.717, 1.165) is 0 Å². The minimum absolute atomic E-state index is 0.270. The molecule has 160 valence electrons. The van der Waals surface area contributed by atoms with Gasteiger partial charge >= 0.3 is 23.9 Å². The molecule has 2 fully saturated rings. The Bertz CT molecular complexity index is 477. The molecule has 0 aromatic rings. The number of aliphatic hydroxyl groups is 2. The van der Waals surface area contributed by atoms with Crippen LogP contribution >= 0.6 is 0 Å². The third-order valence-corrected chi connectivity index (χ3v) is 5.09. The first-order valence-corrected chi connectivity index (χ1v) is 8.87. The average Bonchev–Trinajstić information content (AvgIpc) is 3.28. The Morgan fingerprint density at radius 3 is 0.857 bits per heavy atom. The van der Waals surface area contributed by atoms with Crippen molar-refractivity contribution < 1.29 is 48.3 Å². The first-order chi connectivity index (χ1) is 13.2. The zero-order chi connectivity index (χ0) is 21.4. The van der Waals surface area contributed by atoms with Gasteiger partial charge in [0.2, 0.25) is 0 Å². The highest BCUT2D eigenvalue weighted by atomic mass is 16.5. The summed E-state index contributed by atoms with van der Waals surface area (Å²) in [6.07, 6.45) is -0.163. The van der Waals surface area contributed by atoms with Crippen LogP contribution in [0.2, 0.25) is 0 Å². The Labute approximate surface area is 163 Å².